The molecule has 1 atom stereocenters. The van der Waals surface area contributed by atoms with Crippen molar-refractivity contribution in [2.75, 3.05) is 23.9 Å². The number of likely N-dealkylation sites (N-methyl/N-ethyl adjacent to an activating group) is 2. The van der Waals surface area contributed by atoms with Crippen LogP contribution in [0.2, 0.25) is 0 Å². The molecule has 0 aliphatic carbocycles. The average molecular weight is 769 g/mol. The average Bonchev–Trinajstić information content (AvgIpc) is 3.96. The molecule has 8 rings (SSSR count). The topological polar surface area (TPSA) is 66.9 Å². The number of nitrogens with zero attached hydrogens (tertiary/aromatic N) is 2. The Kier molecular flexibility index (Phi) is 8.84. The molecule has 0 amide bonds. The van der Waals surface area contributed by atoms with Crippen LogP contribution in [0.5, 0.6) is 0 Å². The van der Waals surface area contributed by atoms with Gasteiger partial charge in [0.2, 0.25) is 11.6 Å². The summed E-state index contributed by atoms with van der Waals surface area (Å²) in [6.45, 7) is 13.5. The lowest BCUT2D eigenvalue weighted by Gasteiger charge is -2.27. The summed E-state index contributed by atoms with van der Waals surface area (Å²) >= 11 is 6.47. The lowest BCUT2D eigenvalue weighted by atomic mass is 9.81. The molecule has 0 radical (unpaired) electrons. The van der Waals surface area contributed by atoms with Crippen molar-refractivity contribution in [3.8, 4) is 31.9 Å². The summed E-state index contributed by atoms with van der Waals surface area (Å²) in [5.41, 5.74) is 2.69. The molecule has 10 heteroatoms. The summed E-state index contributed by atoms with van der Waals surface area (Å²) in [5, 5.41) is 0. The third kappa shape index (κ3) is 5.60. The number of carbonyl (C=O) groups excluding carboxylic acids is 2. The molecule has 1 unspecified atom stereocenters. The predicted octanol–water partition coefficient (Wildman–Crippen LogP) is 13.4. The van der Waals surface area contributed by atoms with Crippen LogP contribution in [-0.2, 0) is 10.8 Å². The Bertz CT molecular complexity index is 2360. The molecule has 6 aromatic rings. The van der Waals surface area contributed by atoms with Crippen LogP contribution in [-0.4, -0.2) is 25.7 Å². The Hall–Kier alpha value is -3.70. The number of fused-ring (bicyclic) bond motifs is 3. The Morgan fingerprint density at radius 2 is 1.17 bits per heavy atom. The van der Waals surface area contributed by atoms with Gasteiger partial charge in [-0.1, -0.05) is 60.8 Å². The number of ketones is 2. The zero-order chi connectivity index (χ0) is 36.7. The van der Waals surface area contributed by atoms with Crippen molar-refractivity contribution in [3.05, 3.63) is 80.3 Å². The first-order chi connectivity index (χ1) is 24.9. The maximum Gasteiger partial charge on any atom is 0.223 e. The molecule has 8 heterocycles. The molecule has 6 aromatic heterocycles. The fraction of sp³-hybridized carbons (Fsp3) is 0.381. The molecule has 270 valence electrons. The SMILES string of the molecule is CCCCC(C)(C)c1ccc(-c2cc3sc(-c4ccc(-c5cc6c(s5)C(=O)/C(=C5/C(=O)c7sc(C(C)(CC)CCC)cc7N5C)N6C)o4)cc3s2)o1. The van der Waals surface area contributed by atoms with Crippen molar-refractivity contribution in [3.63, 3.8) is 0 Å². The Morgan fingerprint density at radius 1 is 0.635 bits per heavy atom. The van der Waals surface area contributed by atoms with Gasteiger partial charge in [-0.25, -0.2) is 0 Å². The number of unbranched alkanes of at least 4 members (excludes halogenated alkanes) is 1. The molecule has 0 spiro atoms. The van der Waals surface area contributed by atoms with Gasteiger partial charge in [-0.2, -0.15) is 0 Å². The molecular formula is C42H44N2O4S4. The second-order valence-corrected chi connectivity index (χ2v) is 19.3. The third-order valence-corrected chi connectivity index (χ3v) is 15.9. The molecule has 2 aliphatic rings. The molecule has 0 saturated carbocycles. The largest absolute Gasteiger partial charge is 0.460 e. The monoisotopic (exact) mass is 768 g/mol. The number of Topliss-reactive ketones (excluding diaryl/α,β-unsaturated/α-hetero) is 2. The minimum atomic E-state index is -0.113. The number of anilines is 2. The molecule has 0 bridgehead atoms. The van der Waals surface area contributed by atoms with Crippen LogP contribution in [0.15, 0.2) is 68.8 Å². The van der Waals surface area contributed by atoms with Gasteiger partial charge in [-0.3, -0.25) is 9.59 Å². The second kappa shape index (κ2) is 13.0. The number of carbonyl (C=O) groups is 2. The van der Waals surface area contributed by atoms with Gasteiger partial charge >= 0.3 is 0 Å². The number of furan rings is 2. The van der Waals surface area contributed by atoms with Crippen LogP contribution in [0.25, 0.3) is 41.3 Å². The summed E-state index contributed by atoms with van der Waals surface area (Å²) in [6.07, 6.45) is 6.67. The number of hydrogen-bond donors (Lipinski definition) is 0. The number of allylic oxidation sites excluding steroid dienone is 2. The van der Waals surface area contributed by atoms with Crippen LogP contribution < -0.4 is 9.80 Å². The van der Waals surface area contributed by atoms with E-state index < -0.39 is 0 Å². The van der Waals surface area contributed by atoms with Gasteiger partial charge in [0.15, 0.2) is 0 Å². The van der Waals surface area contributed by atoms with E-state index in [1.165, 1.54) is 38.5 Å². The Labute approximate surface area is 321 Å². The van der Waals surface area contributed by atoms with E-state index in [0.717, 1.165) is 79.6 Å². The maximum absolute atomic E-state index is 14.0. The number of rotatable bonds is 11. The highest BCUT2D eigenvalue weighted by Gasteiger charge is 2.44. The van der Waals surface area contributed by atoms with Gasteiger partial charge in [-0.15, -0.1) is 45.3 Å². The minimum Gasteiger partial charge on any atom is -0.460 e. The van der Waals surface area contributed by atoms with E-state index in [9.17, 15) is 9.59 Å². The van der Waals surface area contributed by atoms with Crippen molar-refractivity contribution in [1.29, 1.82) is 0 Å². The fourth-order valence-corrected chi connectivity index (χ4v) is 12.4. The second-order valence-electron chi connectivity index (χ2n) is 15.1. The summed E-state index contributed by atoms with van der Waals surface area (Å²) < 4.78 is 15.2. The zero-order valence-corrected chi connectivity index (χ0v) is 34.3. The van der Waals surface area contributed by atoms with Gasteiger partial charge in [0.1, 0.15) is 44.2 Å². The highest BCUT2D eigenvalue weighted by Crippen LogP contribution is 2.51. The van der Waals surface area contributed by atoms with Crippen molar-refractivity contribution >= 4 is 77.7 Å². The van der Waals surface area contributed by atoms with E-state index in [2.05, 4.69) is 71.9 Å². The molecule has 0 fully saturated rings. The summed E-state index contributed by atoms with van der Waals surface area (Å²) in [4.78, 5) is 37.4. The molecular weight excluding hydrogens is 725 g/mol. The first kappa shape index (κ1) is 35.3. The minimum absolute atomic E-state index is 0.0219. The van der Waals surface area contributed by atoms with Crippen molar-refractivity contribution < 1.29 is 18.4 Å². The van der Waals surface area contributed by atoms with Crippen LogP contribution >= 0.6 is 45.3 Å². The highest BCUT2D eigenvalue weighted by molar-refractivity contribution is 7.31. The van der Waals surface area contributed by atoms with Crippen LogP contribution in [0.3, 0.4) is 0 Å². The van der Waals surface area contributed by atoms with Gasteiger partial charge in [0, 0.05) is 39.2 Å². The van der Waals surface area contributed by atoms with Crippen LogP contribution in [0.4, 0.5) is 11.4 Å². The third-order valence-electron chi connectivity index (χ3n) is 11.0. The lowest BCUT2D eigenvalue weighted by molar-refractivity contribution is 0.101. The summed E-state index contributed by atoms with van der Waals surface area (Å²) in [7, 11) is 3.79. The highest BCUT2D eigenvalue weighted by atomic mass is 32.1. The van der Waals surface area contributed by atoms with Gasteiger partial charge in [0.25, 0.3) is 0 Å². The molecule has 0 aromatic carbocycles. The predicted molar refractivity (Wildman–Crippen MR) is 220 cm³/mol. The van der Waals surface area contributed by atoms with E-state index in [4.69, 9.17) is 8.83 Å². The van der Waals surface area contributed by atoms with E-state index in [0.29, 0.717) is 16.3 Å². The molecule has 0 saturated heterocycles. The molecule has 0 N–H and O–H groups in total. The van der Waals surface area contributed by atoms with Crippen LogP contribution in [0, 0.1) is 0 Å². The van der Waals surface area contributed by atoms with Gasteiger partial charge in [0.05, 0.1) is 26.0 Å². The first-order valence-corrected chi connectivity index (χ1v) is 21.5. The zero-order valence-electron chi connectivity index (χ0n) is 31.0. The smallest absolute Gasteiger partial charge is 0.223 e. The maximum atomic E-state index is 14.0. The quantitative estimate of drug-likeness (QED) is 0.122. The van der Waals surface area contributed by atoms with E-state index in [1.807, 2.05) is 42.1 Å². The standard InChI is InChI=1S/C42H44N2O4S4/c1-9-12-18-41(4,5)33-16-15-27(48-33)30-22-32-31(50-30)21-29(49-32)26-14-13-25(47-26)28-19-23-39(51-28)37(45)35(43(23)7)36-38(46)40-24(44(36)8)20-34(52-40)42(6,11-3)17-10-2/h13-16,19-22H,9-12,17-18H2,1-8H3/b36-35+. The molecule has 6 nitrogen and oxygen atoms in total. The van der Waals surface area contributed by atoms with Crippen molar-refractivity contribution in [1.82, 2.24) is 0 Å². The van der Waals surface area contributed by atoms with E-state index in [1.54, 1.807) is 34.0 Å². The van der Waals surface area contributed by atoms with Gasteiger partial charge < -0.3 is 18.6 Å². The van der Waals surface area contributed by atoms with Crippen LogP contribution in [0.1, 0.15) is 110 Å². The van der Waals surface area contributed by atoms with E-state index in [-0.39, 0.29) is 22.4 Å². The number of thiophene rings is 4. The first-order valence-electron chi connectivity index (χ1n) is 18.2. The molecule has 2 aliphatic heterocycles. The Balaban J connectivity index is 1.01. The Morgan fingerprint density at radius 3 is 1.71 bits per heavy atom. The van der Waals surface area contributed by atoms with Crippen molar-refractivity contribution in [2.24, 2.45) is 0 Å². The number of hydrogen-bond acceptors (Lipinski definition) is 10. The molecule has 52 heavy (non-hydrogen) atoms. The van der Waals surface area contributed by atoms with E-state index >= 15 is 0 Å². The summed E-state index contributed by atoms with van der Waals surface area (Å²) in [6, 6.07) is 16.8. The summed E-state index contributed by atoms with van der Waals surface area (Å²) in [5.74, 6) is 3.33. The normalized spacial score (nSPS) is 17.2. The fourth-order valence-electron chi connectivity index (χ4n) is 7.58. The van der Waals surface area contributed by atoms with Crippen molar-refractivity contribution in [2.45, 2.75) is 90.9 Å². The lowest BCUT2D eigenvalue weighted by Crippen LogP contribution is -2.26. The van der Waals surface area contributed by atoms with Gasteiger partial charge in [-0.05, 0) is 67.8 Å².